The molecule has 4 rings (SSSR count). The first-order chi connectivity index (χ1) is 12.8. The molecule has 2 heterocycles. The summed E-state index contributed by atoms with van der Waals surface area (Å²) in [6, 6.07) is 18.5. The largest absolute Gasteiger partial charge is 0.325 e. The molecule has 1 aliphatic rings. The van der Waals surface area contributed by atoms with E-state index in [9.17, 15) is 4.79 Å². The molecule has 1 fully saturated rings. The van der Waals surface area contributed by atoms with Crippen LogP contribution in [0, 0.1) is 0 Å². The van der Waals surface area contributed by atoms with Gasteiger partial charge in [0.1, 0.15) is 0 Å². The molecule has 1 saturated heterocycles. The molecule has 4 nitrogen and oxygen atoms in total. The molecular formula is C21H23N3OS. The number of hydrogen-bond acceptors (Lipinski definition) is 4. The minimum Gasteiger partial charge on any atom is -0.325 e. The van der Waals surface area contributed by atoms with Crippen molar-refractivity contribution in [2.24, 2.45) is 0 Å². The highest BCUT2D eigenvalue weighted by molar-refractivity contribution is 7.09. The van der Waals surface area contributed by atoms with Crippen molar-refractivity contribution in [2.45, 2.75) is 6.54 Å². The lowest BCUT2D eigenvalue weighted by Crippen LogP contribution is -2.48. The molecule has 0 bridgehead atoms. The number of rotatable bonds is 5. The van der Waals surface area contributed by atoms with Gasteiger partial charge in [0.2, 0.25) is 5.91 Å². The van der Waals surface area contributed by atoms with Gasteiger partial charge in [0.15, 0.2) is 0 Å². The monoisotopic (exact) mass is 365 g/mol. The van der Waals surface area contributed by atoms with E-state index in [0.29, 0.717) is 6.54 Å². The third-order valence-corrected chi connectivity index (χ3v) is 5.69. The van der Waals surface area contributed by atoms with E-state index in [-0.39, 0.29) is 5.91 Å². The van der Waals surface area contributed by atoms with Crippen LogP contribution in [0.3, 0.4) is 0 Å². The van der Waals surface area contributed by atoms with Crippen LogP contribution in [0.15, 0.2) is 60.0 Å². The first kappa shape index (κ1) is 17.2. The molecule has 1 N–H and O–H groups in total. The van der Waals surface area contributed by atoms with Gasteiger partial charge in [-0.05, 0) is 34.4 Å². The summed E-state index contributed by atoms with van der Waals surface area (Å²) in [6.45, 7) is 5.39. The average Bonchev–Trinajstić information content (AvgIpc) is 3.16. The lowest BCUT2D eigenvalue weighted by Gasteiger charge is -2.34. The summed E-state index contributed by atoms with van der Waals surface area (Å²) < 4.78 is 0. The first-order valence-electron chi connectivity index (χ1n) is 9.02. The Morgan fingerprint density at radius 2 is 1.69 bits per heavy atom. The number of benzene rings is 2. The van der Waals surface area contributed by atoms with Gasteiger partial charge in [-0.25, -0.2) is 0 Å². The zero-order chi connectivity index (χ0) is 17.8. The summed E-state index contributed by atoms with van der Waals surface area (Å²) in [7, 11) is 0. The van der Waals surface area contributed by atoms with Crippen LogP contribution in [0.2, 0.25) is 0 Å². The van der Waals surface area contributed by atoms with Gasteiger partial charge < -0.3 is 5.32 Å². The Bertz CT molecular complexity index is 870. The fourth-order valence-electron chi connectivity index (χ4n) is 3.40. The second kappa shape index (κ2) is 7.99. The number of amides is 1. The number of fused-ring (bicyclic) bond motifs is 1. The topological polar surface area (TPSA) is 35.6 Å². The highest BCUT2D eigenvalue weighted by Crippen LogP contribution is 2.19. The maximum Gasteiger partial charge on any atom is 0.238 e. The van der Waals surface area contributed by atoms with Crippen LogP contribution >= 0.6 is 11.3 Å². The summed E-state index contributed by atoms with van der Waals surface area (Å²) in [5.74, 6) is 0.0620. The highest BCUT2D eigenvalue weighted by atomic mass is 32.1. The van der Waals surface area contributed by atoms with Crippen molar-refractivity contribution in [1.29, 1.82) is 0 Å². The molecule has 0 unspecified atom stereocenters. The lowest BCUT2D eigenvalue weighted by molar-refractivity contribution is -0.117. The van der Waals surface area contributed by atoms with Gasteiger partial charge >= 0.3 is 0 Å². The lowest BCUT2D eigenvalue weighted by atomic mass is 10.1. The summed E-state index contributed by atoms with van der Waals surface area (Å²) in [5, 5.41) is 7.50. The van der Waals surface area contributed by atoms with Gasteiger partial charge in [0.05, 0.1) is 6.54 Å². The van der Waals surface area contributed by atoms with Gasteiger partial charge in [0.25, 0.3) is 0 Å². The Kier molecular flexibility index (Phi) is 5.29. The Morgan fingerprint density at radius 3 is 2.46 bits per heavy atom. The van der Waals surface area contributed by atoms with Crippen LogP contribution in [-0.2, 0) is 11.3 Å². The third kappa shape index (κ3) is 4.30. The number of piperazine rings is 1. The highest BCUT2D eigenvalue weighted by Gasteiger charge is 2.19. The maximum absolute atomic E-state index is 12.4. The fourth-order valence-corrected chi connectivity index (χ4v) is 4.15. The van der Waals surface area contributed by atoms with Gasteiger partial charge in [-0.1, -0.05) is 36.4 Å². The minimum atomic E-state index is 0.0620. The standard InChI is InChI=1S/C21H23N3OS/c25-21(22-19-8-7-17-4-1-2-5-18(17)14-19)16-24-11-9-23(10-12-24)15-20-6-3-13-26-20/h1-8,13-14H,9-12,15-16H2,(H,22,25). The molecule has 0 saturated carbocycles. The van der Waals surface area contributed by atoms with E-state index in [2.05, 4.69) is 44.8 Å². The molecular weight excluding hydrogens is 342 g/mol. The SMILES string of the molecule is O=C(CN1CCN(Cc2cccs2)CC1)Nc1ccc2ccccc2c1. The van der Waals surface area contributed by atoms with Crippen LogP contribution < -0.4 is 5.32 Å². The van der Waals surface area contributed by atoms with Crippen molar-refractivity contribution in [2.75, 3.05) is 38.0 Å². The molecule has 5 heteroatoms. The third-order valence-electron chi connectivity index (χ3n) is 4.82. The Balaban J connectivity index is 1.27. The number of nitrogens with zero attached hydrogens (tertiary/aromatic N) is 2. The molecule has 1 amide bonds. The second-order valence-electron chi connectivity index (χ2n) is 6.74. The Labute approximate surface area is 158 Å². The van der Waals surface area contributed by atoms with Crippen LogP contribution in [-0.4, -0.2) is 48.4 Å². The van der Waals surface area contributed by atoms with Gasteiger partial charge in [0, 0.05) is 43.3 Å². The predicted molar refractivity (Wildman–Crippen MR) is 109 cm³/mol. The van der Waals surface area contributed by atoms with E-state index in [4.69, 9.17) is 0 Å². The molecule has 0 atom stereocenters. The van der Waals surface area contributed by atoms with Crippen molar-refractivity contribution < 1.29 is 4.79 Å². The summed E-state index contributed by atoms with van der Waals surface area (Å²) in [6.07, 6.45) is 0. The quantitative estimate of drug-likeness (QED) is 0.750. The molecule has 0 spiro atoms. The molecule has 1 aliphatic heterocycles. The fraction of sp³-hybridized carbons (Fsp3) is 0.286. The molecule has 3 aromatic rings. The molecule has 26 heavy (non-hydrogen) atoms. The number of carbonyl (C=O) groups is 1. The predicted octanol–water partition coefficient (Wildman–Crippen LogP) is 3.66. The Morgan fingerprint density at radius 1 is 0.923 bits per heavy atom. The van der Waals surface area contributed by atoms with Gasteiger partial charge in [-0.15, -0.1) is 11.3 Å². The van der Waals surface area contributed by atoms with Crippen LogP contribution in [0.5, 0.6) is 0 Å². The normalized spacial score (nSPS) is 16.0. The van der Waals surface area contributed by atoms with Crippen molar-refractivity contribution in [1.82, 2.24) is 9.80 Å². The van der Waals surface area contributed by atoms with Crippen LogP contribution in [0.25, 0.3) is 10.8 Å². The number of nitrogens with one attached hydrogen (secondary N) is 1. The molecule has 0 aliphatic carbocycles. The molecule has 1 aromatic heterocycles. The molecule has 134 valence electrons. The average molecular weight is 366 g/mol. The first-order valence-corrected chi connectivity index (χ1v) is 9.90. The van der Waals surface area contributed by atoms with E-state index >= 15 is 0 Å². The van der Waals surface area contributed by atoms with Gasteiger partial charge in [-0.2, -0.15) is 0 Å². The van der Waals surface area contributed by atoms with E-state index in [1.807, 2.05) is 41.7 Å². The molecule has 0 radical (unpaired) electrons. The number of thiophene rings is 1. The van der Waals surface area contributed by atoms with E-state index in [0.717, 1.165) is 43.8 Å². The second-order valence-corrected chi connectivity index (χ2v) is 7.77. The minimum absolute atomic E-state index is 0.0620. The number of anilines is 1. The van der Waals surface area contributed by atoms with E-state index < -0.39 is 0 Å². The Hall–Kier alpha value is -2.21. The van der Waals surface area contributed by atoms with Gasteiger partial charge in [-0.3, -0.25) is 14.6 Å². The van der Waals surface area contributed by atoms with Crippen molar-refractivity contribution in [3.8, 4) is 0 Å². The zero-order valence-corrected chi connectivity index (χ0v) is 15.5. The summed E-state index contributed by atoms with van der Waals surface area (Å²) in [5.41, 5.74) is 0.866. The van der Waals surface area contributed by atoms with E-state index in [1.165, 1.54) is 10.3 Å². The van der Waals surface area contributed by atoms with E-state index in [1.54, 1.807) is 0 Å². The zero-order valence-electron chi connectivity index (χ0n) is 14.7. The smallest absolute Gasteiger partial charge is 0.238 e. The number of carbonyl (C=O) groups excluding carboxylic acids is 1. The van der Waals surface area contributed by atoms with Crippen LogP contribution in [0.4, 0.5) is 5.69 Å². The summed E-state index contributed by atoms with van der Waals surface area (Å²) >= 11 is 1.81. The number of hydrogen-bond donors (Lipinski definition) is 1. The maximum atomic E-state index is 12.4. The summed E-state index contributed by atoms with van der Waals surface area (Å²) in [4.78, 5) is 18.5. The van der Waals surface area contributed by atoms with Crippen molar-refractivity contribution in [3.05, 3.63) is 64.9 Å². The molecule has 2 aromatic carbocycles. The van der Waals surface area contributed by atoms with Crippen molar-refractivity contribution in [3.63, 3.8) is 0 Å². The van der Waals surface area contributed by atoms with Crippen LogP contribution in [0.1, 0.15) is 4.88 Å². The van der Waals surface area contributed by atoms with Crippen molar-refractivity contribution >= 4 is 33.7 Å².